The van der Waals surface area contributed by atoms with Crippen molar-refractivity contribution in [1.82, 2.24) is 0 Å². The molecule has 0 amide bonds. The number of fused-ring (bicyclic) bond motifs is 15. The van der Waals surface area contributed by atoms with Gasteiger partial charge in [-0.05, 0) is 209 Å². The molecular formula is C72H40. The van der Waals surface area contributed by atoms with Crippen LogP contribution in [0.3, 0.4) is 0 Å². The summed E-state index contributed by atoms with van der Waals surface area (Å²) in [6.07, 6.45) is 0. The van der Waals surface area contributed by atoms with Crippen molar-refractivity contribution in [3.05, 3.63) is 217 Å². The van der Waals surface area contributed by atoms with E-state index in [4.69, 9.17) is 0 Å². The third kappa shape index (κ3) is 4.28. The van der Waals surface area contributed by atoms with Gasteiger partial charge in [0.25, 0.3) is 0 Å². The Bertz CT molecular complexity index is 5200. The monoisotopic (exact) mass is 904 g/mol. The standard InChI is InChI=1S/C72H40/c1-37-15-6-8-21-41(37)64-68-50-26-12-19-39-20-13-27-51(57(39)50)69(68)65(42-22-9-7-16-38(42)2)71-55-35-31-49-47-32-36-56-62-53(33-29-46(59(47)62)48-30-34-54(70(64)71)63(55)60(48)49)67-58(40-17-4-3-5-18-40)52-28-14-25-44-43-23-10-11-24-45(43)66(61(44)52)72(56)67/h3-36H,1-2H3. The fourth-order valence-corrected chi connectivity index (χ4v) is 15.0. The van der Waals surface area contributed by atoms with E-state index in [0.29, 0.717) is 0 Å². The summed E-state index contributed by atoms with van der Waals surface area (Å²) in [7, 11) is 0. The van der Waals surface area contributed by atoms with Crippen LogP contribution in [0.25, 0.3) is 184 Å². The highest BCUT2D eigenvalue weighted by molar-refractivity contribution is 6.53. The van der Waals surface area contributed by atoms with Crippen LogP contribution in [0.4, 0.5) is 0 Å². The van der Waals surface area contributed by atoms with Crippen LogP contribution in [0.5, 0.6) is 0 Å². The Morgan fingerprint density at radius 3 is 1.04 bits per heavy atom. The Morgan fingerprint density at radius 1 is 0.181 bits per heavy atom. The second kappa shape index (κ2) is 13.0. The van der Waals surface area contributed by atoms with Gasteiger partial charge in [-0.3, -0.25) is 0 Å². The third-order valence-corrected chi connectivity index (χ3v) is 17.6. The highest BCUT2D eigenvalue weighted by Crippen LogP contribution is 2.59. The number of hydrogen-bond acceptors (Lipinski definition) is 0. The van der Waals surface area contributed by atoms with E-state index in [1.165, 1.54) is 195 Å². The van der Waals surface area contributed by atoms with Crippen molar-refractivity contribution >= 4 is 151 Å². The molecule has 0 N–H and O–H groups in total. The van der Waals surface area contributed by atoms with Gasteiger partial charge in [-0.25, -0.2) is 0 Å². The summed E-state index contributed by atoms with van der Waals surface area (Å²) in [5.74, 6) is 0. The SMILES string of the molecule is Cc1ccccc1-c1c2c3cccc4cccc(c2c(-c2ccccc2C)c2c5ccc6c7ccc8c9c(ccc(c%10ccc(c12)c5c%106)c79)c1c(-c2ccccc2)c2cccc5c6ccccc6c(c25)c81)c43. The van der Waals surface area contributed by atoms with Crippen molar-refractivity contribution in [3.63, 3.8) is 0 Å². The molecule has 0 saturated carbocycles. The normalized spacial score (nSPS) is 12.9. The predicted molar refractivity (Wildman–Crippen MR) is 313 cm³/mol. The van der Waals surface area contributed by atoms with Crippen LogP contribution in [-0.2, 0) is 0 Å². The molecule has 18 aromatic rings. The van der Waals surface area contributed by atoms with E-state index in [0.717, 1.165) is 0 Å². The van der Waals surface area contributed by atoms with Gasteiger partial charge in [-0.1, -0.05) is 206 Å². The lowest BCUT2D eigenvalue weighted by Crippen LogP contribution is -1.91. The molecule has 0 spiro atoms. The molecule has 18 aromatic carbocycles. The molecule has 0 unspecified atom stereocenters. The van der Waals surface area contributed by atoms with Crippen molar-refractivity contribution in [3.8, 4) is 33.4 Å². The fourth-order valence-electron chi connectivity index (χ4n) is 15.0. The van der Waals surface area contributed by atoms with Crippen LogP contribution in [0, 0.1) is 13.8 Å². The van der Waals surface area contributed by atoms with Gasteiger partial charge < -0.3 is 0 Å². The number of rotatable bonds is 3. The van der Waals surface area contributed by atoms with E-state index in [1.54, 1.807) is 0 Å². The highest BCUT2D eigenvalue weighted by Gasteiger charge is 2.31. The largest absolute Gasteiger partial charge is 0.0622 e. The lowest BCUT2D eigenvalue weighted by molar-refractivity contribution is 1.47. The molecule has 0 bridgehead atoms. The molecular weight excluding hydrogens is 865 g/mol. The minimum Gasteiger partial charge on any atom is -0.0622 e. The maximum absolute atomic E-state index is 2.50. The second-order valence-electron chi connectivity index (χ2n) is 20.9. The first-order valence-corrected chi connectivity index (χ1v) is 25.5. The van der Waals surface area contributed by atoms with Gasteiger partial charge in [0.15, 0.2) is 0 Å². The van der Waals surface area contributed by atoms with Crippen molar-refractivity contribution in [2.75, 3.05) is 0 Å². The zero-order valence-electron chi connectivity index (χ0n) is 39.6. The average Bonchev–Trinajstić information content (AvgIpc) is 4.16. The summed E-state index contributed by atoms with van der Waals surface area (Å²) < 4.78 is 0. The van der Waals surface area contributed by atoms with Crippen molar-refractivity contribution in [2.24, 2.45) is 0 Å². The molecule has 0 heterocycles. The van der Waals surface area contributed by atoms with Gasteiger partial charge in [0.2, 0.25) is 0 Å². The van der Waals surface area contributed by atoms with Gasteiger partial charge in [-0.2, -0.15) is 0 Å². The van der Waals surface area contributed by atoms with E-state index < -0.39 is 0 Å². The van der Waals surface area contributed by atoms with Gasteiger partial charge in [-0.15, -0.1) is 0 Å². The Balaban J connectivity index is 1.06. The molecule has 0 fully saturated rings. The highest BCUT2D eigenvalue weighted by atomic mass is 14.3. The first kappa shape index (κ1) is 37.8. The fraction of sp³-hybridized carbons (Fsp3) is 0.0278. The van der Waals surface area contributed by atoms with E-state index in [2.05, 4.69) is 220 Å². The van der Waals surface area contributed by atoms with Crippen LogP contribution in [0.15, 0.2) is 206 Å². The molecule has 0 aliphatic rings. The molecule has 0 saturated heterocycles. The zero-order chi connectivity index (χ0) is 46.8. The first-order valence-electron chi connectivity index (χ1n) is 25.5. The van der Waals surface area contributed by atoms with E-state index in [9.17, 15) is 0 Å². The summed E-state index contributed by atoms with van der Waals surface area (Å²) in [6, 6.07) is 79.1. The van der Waals surface area contributed by atoms with Crippen LogP contribution in [-0.4, -0.2) is 0 Å². The van der Waals surface area contributed by atoms with Crippen molar-refractivity contribution in [1.29, 1.82) is 0 Å². The summed E-state index contributed by atoms with van der Waals surface area (Å²) in [4.78, 5) is 0. The molecule has 0 nitrogen and oxygen atoms in total. The molecule has 0 radical (unpaired) electrons. The minimum atomic E-state index is 1.26. The van der Waals surface area contributed by atoms with Crippen molar-refractivity contribution < 1.29 is 0 Å². The molecule has 72 heavy (non-hydrogen) atoms. The minimum absolute atomic E-state index is 1.26. The Labute approximate surface area is 413 Å². The summed E-state index contributed by atoms with van der Waals surface area (Å²) in [5, 5.41) is 37.8. The second-order valence-corrected chi connectivity index (χ2v) is 20.9. The van der Waals surface area contributed by atoms with Crippen LogP contribution in [0.1, 0.15) is 11.1 Å². The zero-order valence-corrected chi connectivity index (χ0v) is 39.6. The molecule has 0 aromatic heterocycles. The molecule has 0 aliphatic carbocycles. The van der Waals surface area contributed by atoms with Gasteiger partial charge in [0.05, 0.1) is 0 Å². The number of benzene rings is 14. The molecule has 0 atom stereocenters. The van der Waals surface area contributed by atoms with Gasteiger partial charge >= 0.3 is 0 Å². The van der Waals surface area contributed by atoms with E-state index >= 15 is 0 Å². The Hall–Kier alpha value is -9.10. The summed E-state index contributed by atoms with van der Waals surface area (Å²) >= 11 is 0. The topological polar surface area (TPSA) is 0 Å². The first-order chi connectivity index (χ1) is 35.6. The average molecular weight is 905 g/mol. The third-order valence-electron chi connectivity index (χ3n) is 17.6. The molecule has 18 rings (SSSR count). The van der Waals surface area contributed by atoms with E-state index in [-0.39, 0.29) is 0 Å². The Kier molecular flexibility index (Phi) is 6.82. The van der Waals surface area contributed by atoms with Gasteiger partial charge in [0, 0.05) is 0 Å². The number of hydrogen-bond donors (Lipinski definition) is 0. The van der Waals surface area contributed by atoms with Crippen LogP contribution >= 0.6 is 0 Å². The summed E-state index contributed by atoms with van der Waals surface area (Å²) in [6.45, 7) is 4.59. The smallest absolute Gasteiger partial charge is 0.000696 e. The van der Waals surface area contributed by atoms with E-state index in [1.807, 2.05) is 0 Å². The van der Waals surface area contributed by atoms with Crippen molar-refractivity contribution in [2.45, 2.75) is 13.8 Å². The summed E-state index contributed by atoms with van der Waals surface area (Å²) in [5.41, 5.74) is 10.5. The maximum atomic E-state index is 2.50. The number of aryl methyl sites for hydroxylation is 2. The quantitative estimate of drug-likeness (QED) is 0.122. The van der Waals surface area contributed by atoms with Crippen LogP contribution in [0.2, 0.25) is 0 Å². The van der Waals surface area contributed by atoms with Crippen LogP contribution < -0.4 is 0 Å². The Morgan fingerprint density at radius 2 is 0.500 bits per heavy atom. The lowest BCUT2D eigenvalue weighted by atomic mass is 9.85. The molecule has 0 heteroatoms. The van der Waals surface area contributed by atoms with Gasteiger partial charge in [0.1, 0.15) is 0 Å². The predicted octanol–water partition coefficient (Wildman–Crippen LogP) is 20.6. The lowest BCUT2D eigenvalue weighted by Gasteiger charge is -2.17. The maximum Gasteiger partial charge on any atom is -0.000696 e. The molecule has 0 aliphatic heterocycles. The molecule has 328 valence electrons.